The van der Waals surface area contributed by atoms with Crippen LogP contribution in [0.1, 0.15) is 43.4 Å². The van der Waals surface area contributed by atoms with Crippen molar-refractivity contribution in [2.24, 2.45) is 0 Å². The van der Waals surface area contributed by atoms with Crippen LogP contribution in [0, 0.1) is 0 Å². The molecular formula is C13H14ClF3O. The van der Waals surface area contributed by atoms with Gasteiger partial charge in [0.05, 0.1) is 17.8 Å². The summed E-state index contributed by atoms with van der Waals surface area (Å²) in [5.41, 5.74) is -0.486. The van der Waals surface area contributed by atoms with Gasteiger partial charge in [-0.05, 0) is 37.0 Å². The van der Waals surface area contributed by atoms with Crippen molar-refractivity contribution in [2.75, 3.05) is 0 Å². The quantitative estimate of drug-likeness (QED) is 0.740. The molecule has 0 saturated carbocycles. The van der Waals surface area contributed by atoms with Crippen LogP contribution in [0.2, 0.25) is 5.02 Å². The standard InChI is InChI=1S/C13H14ClF3O/c1-2-9-4-6-12(18-9)10-5-3-8(14)7-11(10)13(15,16)17/h3,5,7,9,12H,2,4,6H2,1H3/t9-,12-/m1/s1. The maximum absolute atomic E-state index is 12.9. The van der Waals surface area contributed by atoms with E-state index in [1.54, 1.807) is 0 Å². The predicted molar refractivity (Wildman–Crippen MR) is 63.6 cm³/mol. The number of rotatable bonds is 2. The van der Waals surface area contributed by atoms with E-state index in [2.05, 4.69) is 0 Å². The van der Waals surface area contributed by atoms with Crippen molar-refractivity contribution in [2.45, 2.75) is 44.6 Å². The molecule has 18 heavy (non-hydrogen) atoms. The van der Waals surface area contributed by atoms with E-state index in [9.17, 15) is 13.2 Å². The number of alkyl halides is 3. The SMILES string of the molecule is CC[C@@H]1CC[C@H](c2ccc(Cl)cc2C(F)(F)F)O1. The Hall–Kier alpha value is -0.740. The smallest absolute Gasteiger partial charge is 0.370 e. The van der Waals surface area contributed by atoms with Gasteiger partial charge in [-0.1, -0.05) is 24.6 Å². The molecule has 1 aromatic carbocycles. The second-order valence-electron chi connectivity index (χ2n) is 4.46. The van der Waals surface area contributed by atoms with E-state index in [4.69, 9.17) is 16.3 Å². The molecule has 2 atom stereocenters. The molecule has 1 aromatic rings. The Morgan fingerprint density at radius 2 is 2.06 bits per heavy atom. The summed E-state index contributed by atoms with van der Waals surface area (Å²) in [4.78, 5) is 0. The Morgan fingerprint density at radius 1 is 1.33 bits per heavy atom. The molecular weight excluding hydrogens is 265 g/mol. The molecule has 0 bridgehead atoms. The van der Waals surface area contributed by atoms with Gasteiger partial charge >= 0.3 is 6.18 Å². The Kier molecular flexibility index (Phi) is 3.87. The first-order valence-corrected chi connectivity index (χ1v) is 6.31. The first-order valence-electron chi connectivity index (χ1n) is 5.94. The van der Waals surface area contributed by atoms with Crippen molar-refractivity contribution in [3.8, 4) is 0 Å². The molecule has 0 unspecified atom stereocenters. The monoisotopic (exact) mass is 278 g/mol. The van der Waals surface area contributed by atoms with Gasteiger partial charge in [-0.25, -0.2) is 0 Å². The molecule has 0 spiro atoms. The minimum atomic E-state index is -4.39. The highest BCUT2D eigenvalue weighted by molar-refractivity contribution is 6.30. The molecule has 0 radical (unpaired) electrons. The van der Waals surface area contributed by atoms with E-state index in [-0.39, 0.29) is 16.7 Å². The molecule has 1 heterocycles. The van der Waals surface area contributed by atoms with Gasteiger partial charge in [-0.15, -0.1) is 0 Å². The van der Waals surface area contributed by atoms with Crippen LogP contribution >= 0.6 is 11.6 Å². The first kappa shape index (κ1) is 13.7. The second-order valence-corrected chi connectivity index (χ2v) is 4.90. The summed E-state index contributed by atoms with van der Waals surface area (Å²) >= 11 is 5.64. The molecule has 1 nitrogen and oxygen atoms in total. The third-order valence-corrected chi connectivity index (χ3v) is 3.47. The van der Waals surface area contributed by atoms with Gasteiger partial charge in [0.1, 0.15) is 0 Å². The van der Waals surface area contributed by atoms with Crippen LogP contribution in [0.15, 0.2) is 18.2 Å². The van der Waals surface area contributed by atoms with E-state index < -0.39 is 17.8 Å². The average molecular weight is 279 g/mol. The van der Waals surface area contributed by atoms with Crippen molar-refractivity contribution in [1.82, 2.24) is 0 Å². The van der Waals surface area contributed by atoms with Crippen molar-refractivity contribution in [1.29, 1.82) is 0 Å². The number of halogens is 4. The van der Waals surface area contributed by atoms with Crippen LogP contribution in [0.3, 0.4) is 0 Å². The van der Waals surface area contributed by atoms with Gasteiger partial charge in [0.25, 0.3) is 0 Å². The zero-order chi connectivity index (χ0) is 13.3. The largest absolute Gasteiger partial charge is 0.416 e. The van der Waals surface area contributed by atoms with E-state index >= 15 is 0 Å². The van der Waals surface area contributed by atoms with Crippen molar-refractivity contribution >= 4 is 11.6 Å². The molecule has 0 N–H and O–H groups in total. The third kappa shape index (κ3) is 2.81. The summed E-state index contributed by atoms with van der Waals surface area (Å²) in [6.45, 7) is 1.97. The minimum Gasteiger partial charge on any atom is -0.370 e. The second kappa shape index (κ2) is 5.10. The van der Waals surface area contributed by atoms with E-state index in [0.29, 0.717) is 6.42 Å². The maximum Gasteiger partial charge on any atom is 0.416 e. The van der Waals surface area contributed by atoms with Crippen LogP contribution in [0.4, 0.5) is 13.2 Å². The summed E-state index contributed by atoms with van der Waals surface area (Å²) in [7, 11) is 0. The fourth-order valence-corrected chi connectivity index (χ4v) is 2.46. The number of benzene rings is 1. The van der Waals surface area contributed by atoms with E-state index in [0.717, 1.165) is 18.9 Å². The summed E-state index contributed by atoms with van der Waals surface area (Å²) < 4.78 is 44.5. The van der Waals surface area contributed by atoms with E-state index in [1.807, 2.05) is 6.92 Å². The normalized spacial score (nSPS) is 24.5. The molecule has 1 saturated heterocycles. The van der Waals surface area contributed by atoms with Gasteiger partial charge in [0.15, 0.2) is 0 Å². The number of hydrogen-bond acceptors (Lipinski definition) is 1. The lowest BCUT2D eigenvalue weighted by atomic mass is 9.99. The maximum atomic E-state index is 12.9. The first-order chi connectivity index (χ1) is 8.41. The lowest BCUT2D eigenvalue weighted by Crippen LogP contribution is -2.13. The van der Waals surface area contributed by atoms with Crippen molar-refractivity contribution in [3.63, 3.8) is 0 Å². The number of hydrogen-bond donors (Lipinski definition) is 0. The molecule has 1 fully saturated rings. The summed E-state index contributed by atoms with van der Waals surface area (Å²) in [6.07, 6.45) is -2.54. The molecule has 5 heteroatoms. The lowest BCUT2D eigenvalue weighted by molar-refractivity contribution is -0.139. The van der Waals surface area contributed by atoms with Crippen LogP contribution in [0.5, 0.6) is 0 Å². The molecule has 0 aliphatic carbocycles. The number of ether oxygens (including phenoxy) is 1. The van der Waals surface area contributed by atoms with Crippen molar-refractivity contribution in [3.05, 3.63) is 34.3 Å². The molecule has 1 aliphatic heterocycles. The minimum absolute atomic E-state index is 0.0618. The topological polar surface area (TPSA) is 9.23 Å². The highest BCUT2D eigenvalue weighted by atomic mass is 35.5. The lowest BCUT2D eigenvalue weighted by Gasteiger charge is -2.18. The van der Waals surface area contributed by atoms with Crippen LogP contribution in [-0.4, -0.2) is 6.10 Å². The van der Waals surface area contributed by atoms with Crippen LogP contribution in [-0.2, 0) is 10.9 Å². The van der Waals surface area contributed by atoms with Gasteiger partial charge in [0, 0.05) is 5.02 Å². The average Bonchev–Trinajstić information content (AvgIpc) is 2.76. The van der Waals surface area contributed by atoms with Gasteiger partial charge in [0.2, 0.25) is 0 Å². The molecule has 0 amide bonds. The van der Waals surface area contributed by atoms with Gasteiger partial charge in [-0.3, -0.25) is 0 Å². The predicted octanol–water partition coefficient (Wildman–Crippen LogP) is 4.99. The highest BCUT2D eigenvalue weighted by Crippen LogP contribution is 2.41. The van der Waals surface area contributed by atoms with E-state index in [1.165, 1.54) is 12.1 Å². The fraction of sp³-hybridized carbons (Fsp3) is 0.538. The van der Waals surface area contributed by atoms with Crippen LogP contribution < -0.4 is 0 Å². The Labute approximate surface area is 109 Å². The molecule has 100 valence electrons. The van der Waals surface area contributed by atoms with Gasteiger partial charge in [-0.2, -0.15) is 13.2 Å². The summed E-state index contributed by atoms with van der Waals surface area (Å²) in [6, 6.07) is 3.88. The fourth-order valence-electron chi connectivity index (χ4n) is 2.29. The van der Waals surface area contributed by atoms with Gasteiger partial charge < -0.3 is 4.74 Å². The summed E-state index contributed by atoms with van der Waals surface area (Å²) in [5, 5.41) is 0.0936. The highest BCUT2D eigenvalue weighted by Gasteiger charge is 2.37. The Morgan fingerprint density at radius 3 is 2.61 bits per heavy atom. The summed E-state index contributed by atoms with van der Waals surface area (Å²) in [5.74, 6) is 0. The molecule has 0 aromatic heterocycles. The Bertz CT molecular complexity index is 431. The third-order valence-electron chi connectivity index (χ3n) is 3.23. The zero-order valence-electron chi connectivity index (χ0n) is 9.93. The van der Waals surface area contributed by atoms with Crippen molar-refractivity contribution < 1.29 is 17.9 Å². The molecule has 1 aliphatic rings. The molecule has 2 rings (SSSR count). The Balaban J connectivity index is 2.33. The van der Waals surface area contributed by atoms with Crippen LogP contribution in [0.25, 0.3) is 0 Å². The zero-order valence-corrected chi connectivity index (χ0v) is 10.7.